The van der Waals surface area contributed by atoms with Gasteiger partial charge < -0.3 is 0 Å². The summed E-state index contributed by atoms with van der Waals surface area (Å²) in [6.07, 6.45) is 1.81. The van der Waals surface area contributed by atoms with Crippen molar-refractivity contribution in [2.75, 3.05) is 0 Å². The van der Waals surface area contributed by atoms with Gasteiger partial charge in [-0.25, -0.2) is 4.98 Å². The van der Waals surface area contributed by atoms with Crippen LogP contribution in [0.1, 0.15) is 0 Å². The number of rotatable bonds is 0. The minimum Gasteiger partial charge on any atom is -0.286 e. The number of hydrogen-bond acceptors (Lipinski definition) is 2. The highest BCUT2D eigenvalue weighted by molar-refractivity contribution is 9.10. The molecule has 0 atom stereocenters. The van der Waals surface area contributed by atoms with Crippen LogP contribution in [0.4, 0.5) is 0 Å². The molecule has 0 fully saturated rings. The normalized spacial score (nSPS) is 11.2. The van der Waals surface area contributed by atoms with Crippen molar-refractivity contribution in [3.05, 3.63) is 51.5 Å². The summed E-state index contributed by atoms with van der Waals surface area (Å²) >= 11 is 9.54. The van der Waals surface area contributed by atoms with Gasteiger partial charge in [-0.15, -0.1) is 0 Å². The molecule has 84 valence electrons. The third kappa shape index (κ3) is 1.64. The number of pyridine rings is 1. The fraction of sp³-hybridized carbons (Fsp3) is 0. The zero-order chi connectivity index (χ0) is 12.0. The number of fused-ring (bicyclic) bond motifs is 2. The predicted molar refractivity (Wildman–Crippen MR) is 71.3 cm³/mol. The SMILES string of the molecule is N=c1c2c(Cl)cc(Br)cc2nc2ccccn12. The van der Waals surface area contributed by atoms with E-state index in [4.69, 9.17) is 17.0 Å². The van der Waals surface area contributed by atoms with E-state index in [2.05, 4.69) is 20.9 Å². The van der Waals surface area contributed by atoms with E-state index in [1.165, 1.54) is 0 Å². The van der Waals surface area contributed by atoms with Gasteiger partial charge in [0.2, 0.25) is 0 Å². The molecule has 0 bridgehead atoms. The summed E-state index contributed by atoms with van der Waals surface area (Å²) in [6, 6.07) is 9.27. The molecule has 0 aliphatic rings. The first-order valence-electron chi connectivity index (χ1n) is 4.97. The maximum absolute atomic E-state index is 8.17. The summed E-state index contributed by atoms with van der Waals surface area (Å²) in [5, 5.41) is 9.36. The molecule has 0 radical (unpaired) electrons. The first-order valence-corrected chi connectivity index (χ1v) is 6.14. The molecular formula is C12H7BrClN3. The molecule has 0 aliphatic heterocycles. The van der Waals surface area contributed by atoms with Crippen LogP contribution in [0.3, 0.4) is 0 Å². The molecule has 3 rings (SSSR count). The van der Waals surface area contributed by atoms with Crippen LogP contribution >= 0.6 is 27.5 Å². The average molecular weight is 309 g/mol. The standard InChI is InChI=1S/C12H7BrClN3/c13-7-5-8(14)11-9(6-7)16-10-3-1-2-4-17(10)12(11)15/h1-6,15H. The summed E-state index contributed by atoms with van der Waals surface area (Å²) in [5.41, 5.74) is 1.81. The van der Waals surface area contributed by atoms with Crippen LogP contribution in [0.25, 0.3) is 16.6 Å². The molecule has 1 aromatic carbocycles. The fourth-order valence-electron chi connectivity index (χ4n) is 1.84. The van der Waals surface area contributed by atoms with Crippen molar-refractivity contribution >= 4 is 44.1 Å². The molecule has 0 spiro atoms. The highest BCUT2D eigenvalue weighted by atomic mass is 79.9. The van der Waals surface area contributed by atoms with Crippen LogP contribution in [0.2, 0.25) is 5.02 Å². The lowest BCUT2D eigenvalue weighted by Crippen LogP contribution is -2.15. The van der Waals surface area contributed by atoms with Gasteiger partial charge >= 0.3 is 0 Å². The lowest BCUT2D eigenvalue weighted by molar-refractivity contribution is 1.00. The lowest BCUT2D eigenvalue weighted by Gasteiger charge is -2.06. The van der Waals surface area contributed by atoms with Crippen LogP contribution in [-0.4, -0.2) is 9.38 Å². The molecule has 0 amide bonds. The third-order valence-electron chi connectivity index (χ3n) is 2.59. The number of halogens is 2. The van der Waals surface area contributed by atoms with Gasteiger partial charge in [-0.3, -0.25) is 9.81 Å². The van der Waals surface area contributed by atoms with E-state index < -0.39 is 0 Å². The van der Waals surface area contributed by atoms with E-state index in [1.54, 1.807) is 10.5 Å². The Labute approximate surface area is 110 Å². The van der Waals surface area contributed by atoms with Crippen LogP contribution in [0, 0.1) is 5.41 Å². The Bertz CT molecular complexity index is 795. The first-order chi connectivity index (χ1) is 8.16. The molecular weight excluding hydrogens is 302 g/mol. The molecule has 2 aromatic heterocycles. The van der Waals surface area contributed by atoms with Gasteiger partial charge in [0.05, 0.1) is 15.9 Å². The van der Waals surface area contributed by atoms with Crippen molar-refractivity contribution < 1.29 is 0 Å². The summed E-state index contributed by atoms with van der Waals surface area (Å²) in [7, 11) is 0. The first kappa shape index (κ1) is 10.7. The molecule has 3 nitrogen and oxygen atoms in total. The monoisotopic (exact) mass is 307 g/mol. The number of hydrogen-bond donors (Lipinski definition) is 1. The highest BCUT2D eigenvalue weighted by Gasteiger charge is 2.07. The molecule has 0 saturated heterocycles. The Hall–Kier alpha value is -1.39. The van der Waals surface area contributed by atoms with Crippen LogP contribution in [-0.2, 0) is 0 Å². The topological polar surface area (TPSA) is 41.2 Å². The summed E-state index contributed by atoms with van der Waals surface area (Å²) in [5.74, 6) is 0. The molecule has 5 heteroatoms. The van der Waals surface area contributed by atoms with Gasteiger partial charge in [-0.2, -0.15) is 0 Å². The van der Waals surface area contributed by atoms with E-state index in [0.717, 1.165) is 15.6 Å². The van der Waals surface area contributed by atoms with Gasteiger partial charge in [0.15, 0.2) is 0 Å². The zero-order valence-corrected chi connectivity index (χ0v) is 11.0. The Morgan fingerprint density at radius 1 is 1.29 bits per heavy atom. The Kier molecular flexibility index (Phi) is 2.42. The molecule has 0 saturated carbocycles. The average Bonchev–Trinajstić information content (AvgIpc) is 2.28. The summed E-state index contributed by atoms with van der Waals surface area (Å²) in [6.45, 7) is 0. The van der Waals surface area contributed by atoms with E-state index in [0.29, 0.717) is 15.9 Å². The van der Waals surface area contributed by atoms with Crippen molar-refractivity contribution in [2.45, 2.75) is 0 Å². The second-order valence-electron chi connectivity index (χ2n) is 3.67. The minimum absolute atomic E-state index is 0.350. The fourth-order valence-corrected chi connectivity index (χ4v) is 2.72. The smallest absolute Gasteiger partial charge is 0.141 e. The number of nitrogens with one attached hydrogen (secondary N) is 1. The Morgan fingerprint density at radius 3 is 2.94 bits per heavy atom. The third-order valence-corrected chi connectivity index (χ3v) is 3.34. The molecule has 0 aliphatic carbocycles. The molecule has 0 unspecified atom stereocenters. The van der Waals surface area contributed by atoms with Crippen LogP contribution < -0.4 is 5.49 Å². The van der Waals surface area contributed by atoms with Crippen LogP contribution in [0.15, 0.2) is 41.0 Å². The zero-order valence-electron chi connectivity index (χ0n) is 8.61. The number of nitrogens with zero attached hydrogens (tertiary/aromatic N) is 2. The van der Waals surface area contributed by atoms with Gasteiger partial charge in [-0.05, 0) is 24.3 Å². The molecule has 1 N–H and O–H groups in total. The van der Waals surface area contributed by atoms with E-state index in [1.807, 2.05) is 30.5 Å². The van der Waals surface area contributed by atoms with E-state index in [-0.39, 0.29) is 0 Å². The molecule has 3 aromatic rings. The van der Waals surface area contributed by atoms with E-state index in [9.17, 15) is 0 Å². The van der Waals surface area contributed by atoms with Gasteiger partial charge in [0.25, 0.3) is 0 Å². The van der Waals surface area contributed by atoms with Gasteiger partial charge in [-0.1, -0.05) is 33.6 Å². The van der Waals surface area contributed by atoms with Crippen molar-refractivity contribution in [1.29, 1.82) is 5.41 Å². The van der Waals surface area contributed by atoms with Crippen LogP contribution in [0.5, 0.6) is 0 Å². The maximum atomic E-state index is 8.17. The van der Waals surface area contributed by atoms with Crippen molar-refractivity contribution in [3.63, 3.8) is 0 Å². The second-order valence-corrected chi connectivity index (χ2v) is 4.99. The second kappa shape index (κ2) is 3.82. The quantitative estimate of drug-likeness (QED) is 0.636. The number of benzene rings is 1. The van der Waals surface area contributed by atoms with Gasteiger partial charge in [0, 0.05) is 10.7 Å². The van der Waals surface area contributed by atoms with Crippen molar-refractivity contribution in [1.82, 2.24) is 9.38 Å². The lowest BCUT2D eigenvalue weighted by atomic mass is 10.2. The highest BCUT2D eigenvalue weighted by Crippen LogP contribution is 2.24. The molecule has 17 heavy (non-hydrogen) atoms. The largest absolute Gasteiger partial charge is 0.286 e. The molecule has 2 heterocycles. The van der Waals surface area contributed by atoms with Crippen molar-refractivity contribution in [2.24, 2.45) is 0 Å². The predicted octanol–water partition coefficient (Wildman–Crippen LogP) is 3.38. The van der Waals surface area contributed by atoms with E-state index >= 15 is 0 Å². The number of aromatic nitrogens is 2. The van der Waals surface area contributed by atoms with Gasteiger partial charge in [0.1, 0.15) is 11.1 Å². The Morgan fingerprint density at radius 2 is 2.12 bits per heavy atom. The van der Waals surface area contributed by atoms with Crippen molar-refractivity contribution in [3.8, 4) is 0 Å². The Balaban J connectivity index is 2.64. The maximum Gasteiger partial charge on any atom is 0.141 e. The minimum atomic E-state index is 0.350. The summed E-state index contributed by atoms with van der Waals surface area (Å²) in [4.78, 5) is 4.49. The summed E-state index contributed by atoms with van der Waals surface area (Å²) < 4.78 is 2.57.